The van der Waals surface area contributed by atoms with Gasteiger partial charge in [0.1, 0.15) is 5.15 Å². The molecule has 0 bridgehead atoms. The number of aliphatic hydroxyl groups excluding tert-OH is 1. The normalized spacial score (nSPS) is 12.6. The molecule has 0 fully saturated rings. The Morgan fingerprint density at radius 1 is 1.17 bits per heavy atom. The second kappa shape index (κ2) is 7.19. The Hall–Kier alpha value is -2.12. The van der Waals surface area contributed by atoms with E-state index in [9.17, 15) is 18.3 Å². The van der Waals surface area contributed by atoms with E-state index in [0.717, 1.165) is 10.7 Å². The number of fused-ring (bicyclic) bond motifs is 1. The smallest absolute Gasteiger partial charge is 0.379 e. The van der Waals surface area contributed by atoms with Gasteiger partial charge >= 0.3 is 6.18 Å². The fourth-order valence-electron chi connectivity index (χ4n) is 2.07. The molecule has 8 heteroatoms. The fourth-order valence-corrected chi connectivity index (χ4v) is 2.30. The minimum atomic E-state index is -4.81. The van der Waals surface area contributed by atoms with Gasteiger partial charge in [-0.05, 0) is 0 Å². The highest BCUT2D eigenvalue weighted by Gasteiger charge is 2.41. The average Bonchev–Trinajstić information content (AvgIpc) is 3.00. The summed E-state index contributed by atoms with van der Waals surface area (Å²) in [5.74, 6) is 0. The van der Waals surface area contributed by atoms with Crippen molar-refractivity contribution in [3.05, 3.63) is 53.3 Å². The van der Waals surface area contributed by atoms with Crippen LogP contribution in [0.4, 0.5) is 13.2 Å². The number of nitrogens with zero attached hydrogens (tertiary/aromatic N) is 3. The summed E-state index contributed by atoms with van der Waals surface area (Å²) in [6, 6.07) is 10.4. The molecule has 3 aromatic rings. The molecule has 1 N–H and O–H groups in total. The molecule has 1 atom stereocenters. The Labute approximate surface area is 141 Å². The van der Waals surface area contributed by atoms with E-state index in [1.807, 2.05) is 13.8 Å². The van der Waals surface area contributed by atoms with Gasteiger partial charge in [-0.1, -0.05) is 55.8 Å². The summed E-state index contributed by atoms with van der Waals surface area (Å²) in [6.45, 7) is 4.00. The van der Waals surface area contributed by atoms with Gasteiger partial charge in [-0.2, -0.15) is 18.3 Å². The highest BCUT2D eigenvalue weighted by Crippen LogP contribution is 2.35. The number of alkyl halides is 3. The Morgan fingerprint density at radius 2 is 1.79 bits per heavy atom. The Bertz CT molecular complexity index is 819. The number of aliphatic hydroxyl groups is 1. The molecule has 0 saturated heterocycles. The van der Waals surface area contributed by atoms with Crippen LogP contribution in [0.5, 0.6) is 0 Å². The van der Waals surface area contributed by atoms with Crippen LogP contribution in [0.15, 0.2) is 42.6 Å². The van der Waals surface area contributed by atoms with Gasteiger partial charge in [-0.25, -0.2) is 9.50 Å². The monoisotopic (exact) mass is 357 g/mol. The summed E-state index contributed by atoms with van der Waals surface area (Å²) in [6.07, 6.45) is -6.55. The van der Waals surface area contributed by atoms with Gasteiger partial charge in [0.15, 0.2) is 11.8 Å². The number of rotatable bonds is 2. The topological polar surface area (TPSA) is 50.4 Å². The Balaban J connectivity index is 0.00000100. The molecule has 1 unspecified atom stereocenters. The van der Waals surface area contributed by atoms with Crippen LogP contribution in [0.2, 0.25) is 5.15 Å². The predicted octanol–water partition coefficient (Wildman–Crippen LogP) is 4.67. The van der Waals surface area contributed by atoms with Crippen molar-refractivity contribution in [3.8, 4) is 11.3 Å². The van der Waals surface area contributed by atoms with Gasteiger partial charge in [0, 0.05) is 11.6 Å². The molecular formula is C16H15ClF3N3O. The third-order valence-electron chi connectivity index (χ3n) is 3.13. The molecule has 2 heterocycles. The maximum Gasteiger partial charge on any atom is 0.418 e. The van der Waals surface area contributed by atoms with Crippen LogP contribution in [0.1, 0.15) is 25.5 Å². The zero-order valence-corrected chi connectivity index (χ0v) is 13.7. The van der Waals surface area contributed by atoms with E-state index in [2.05, 4.69) is 10.1 Å². The first-order valence-electron chi connectivity index (χ1n) is 7.22. The summed E-state index contributed by atoms with van der Waals surface area (Å²) in [5, 5.41) is 13.3. The summed E-state index contributed by atoms with van der Waals surface area (Å²) < 4.78 is 39.2. The SMILES string of the molecule is CC.OC(c1cnn2c(Cl)cc(-c3ccccc3)nc12)C(F)(F)F. The van der Waals surface area contributed by atoms with Crippen molar-refractivity contribution in [2.75, 3.05) is 0 Å². The lowest BCUT2D eigenvalue weighted by atomic mass is 10.1. The summed E-state index contributed by atoms with van der Waals surface area (Å²) in [7, 11) is 0. The van der Waals surface area contributed by atoms with Crippen LogP contribution >= 0.6 is 11.6 Å². The highest BCUT2D eigenvalue weighted by atomic mass is 35.5. The van der Waals surface area contributed by atoms with E-state index in [1.165, 1.54) is 6.07 Å². The van der Waals surface area contributed by atoms with Crippen molar-refractivity contribution in [1.29, 1.82) is 0 Å². The van der Waals surface area contributed by atoms with Crippen molar-refractivity contribution < 1.29 is 18.3 Å². The molecule has 0 aliphatic heterocycles. The number of aromatic nitrogens is 3. The van der Waals surface area contributed by atoms with Crippen molar-refractivity contribution >= 4 is 17.2 Å². The number of benzene rings is 1. The van der Waals surface area contributed by atoms with Crippen molar-refractivity contribution in [2.45, 2.75) is 26.1 Å². The maximum absolute atomic E-state index is 12.7. The second-order valence-corrected chi connectivity index (χ2v) is 5.00. The van der Waals surface area contributed by atoms with Crippen LogP contribution in [0.3, 0.4) is 0 Å². The lowest BCUT2D eigenvalue weighted by Gasteiger charge is -2.13. The maximum atomic E-state index is 12.7. The molecule has 0 aliphatic rings. The van der Waals surface area contributed by atoms with Crippen molar-refractivity contribution in [3.63, 3.8) is 0 Å². The molecular weight excluding hydrogens is 343 g/mol. The van der Waals surface area contributed by atoms with E-state index in [-0.39, 0.29) is 10.8 Å². The first-order chi connectivity index (χ1) is 11.4. The van der Waals surface area contributed by atoms with E-state index >= 15 is 0 Å². The lowest BCUT2D eigenvalue weighted by Crippen LogP contribution is -2.20. The molecule has 1 aromatic carbocycles. The van der Waals surface area contributed by atoms with E-state index in [0.29, 0.717) is 11.3 Å². The van der Waals surface area contributed by atoms with Crippen LogP contribution < -0.4 is 0 Å². The number of hydrogen-bond acceptors (Lipinski definition) is 3. The summed E-state index contributed by atoms with van der Waals surface area (Å²) >= 11 is 6.04. The first kappa shape index (κ1) is 18.2. The van der Waals surface area contributed by atoms with Crippen molar-refractivity contribution in [1.82, 2.24) is 14.6 Å². The van der Waals surface area contributed by atoms with Gasteiger partial charge in [-0.15, -0.1) is 0 Å². The quantitative estimate of drug-likeness (QED) is 0.678. The zero-order valence-electron chi connectivity index (χ0n) is 12.9. The van der Waals surface area contributed by atoms with E-state index in [4.69, 9.17) is 11.6 Å². The number of halogens is 4. The molecule has 3 rings (SSSR count). The largest absolute Gasteiger partial charge is 0.418 e. The summed E-state index contributed by atoms with van der Waals surface area (Å²) in [4.78, 5) is 4.16. The minimum Gasteiger partial charge on any atom is -0.379 e. The highest BCUT2D eigenvalue weighted by molar-refractivity contribution is 6.30. The molecule has 2 aromatic heterocycles. The molecule has 0 spiro atoms. The predicted molar refractivity (Wildman–Crippen MR) is 85.8 cm³/mol. The van der Waals surface area contributed by atoms with E-state index in [1.54, 1.807) is 30.3 Å². The molecule has 0 saturated carbocycles. The minimum absolute atomic E-state index is 0.101. The third-order valence-corrected chi connectivity index (χ3v) is 3.40. The van der Waals surface area contributed by atoms with Crippen molar-refractivity contribution in [2.24, 2.45) is 0 Å². The molecule has 0 radical (unpaired) electrons. The molecule has 0 aliphatic carbocycles. The average molecular weight is 358 g/mol. The molecule has 24 heavy (non-hydrogen) atoms. The van der Waals surface area contributed by atoms with Gasteiger partial charge < -0.3 is 5.11 Å². The standard InChI is InChI=1S/C14H9ClF3N3O.C2H6/c15-11-6-10(8-4-2-1-3-5-8)20-13-9(7-19-21(11)13)12(22)14(16,17)18;1-2/h1-7,12,22H;1-2H3. The molecule has 4 nitrogen and oxygen atoms in total. The molecule has 128 valence electrons. The lowest BCUT2D eigenvalue weighted by molar-refractivity contribution is -0.206. The molecule has 0 amide bonds. The van der Waals surface area contributed by atoms with Crippen LogP contribution in [0, 0.1) is 0 Å². The second-order valence-electron chi connectivity index (χ2n) is 4.61. The zero-order chi connectivity index (χ0) is 17.9. The van der Waals surface area contributed by atoms with Crippen LogP contribution in [-0.2, 0) is 0 Å². The Morgan fingerprint density at radius 3 is 2.38 bits per heavy atom. The fraction of sp³-hybridized carbons (Fsp3) is 0.250. The third kappa shape index (κ3) is 3.52. The van der Waals surface area contributed by atoms with Gasteiger partial charge in [0.05, 0.1) is 17.5 Å². The van der Waals surface area contributed by atoms with Gasteiger partial charge in [-0.3, -0.25) is 0 Å². The van der Waals surface area contributed by atoms with Gasteiger partial charge in [0.2, 0.25) is 0 Å². The Kier molecular flexibility index (Phi) is 5.46. The van der Waals surface area contributed by atoms with Crippen LogP contribution in [0.25, 0.3) is 16.9 Å². The first-order valence-corrected chi connectivity index (χ1v) is 7.60. The van der Waals surface area contributed by atoms with E-state index < -0.39 is 17.8 Å². The summed E-state index contributed by atoms with van der Waals surface area (Å²) in [5.41, 5.74) is 0.526. The van der Waals surface area contributed by atoms with Gasteiger partial charge in [0.25, 0.3) is 0 Å². The number of hydrogen-bond donors (Lipinski definition) is 1. The van der Waals surface area contributed by atoms with Crippen LogP contribution in [-0.4, -0.2) is 25.9 Å².